The molecule has 2 aromatic rings. The molecular formula is C17H26N6S6. The first-order valence-electron chi connectivity index (χ1n) is 9.21. The first kappa shape index (κ1) is 24.6. The standard InChI is InChI=1S/C17H26N6S6/c24-16(20-6-10-26-12-14-2-8-28-22-14)18-4-1-5-19-17(25)21-7-11-27-13-15-3-9-29-23-15/h2-3,8-9H,1,4-7,10-13H2,(H2,18,20,24)(H2,19,21,25). The third-order valence-electron chi connectivity index (χ3n) is 3.47. The van der Waals surface area contributed by atoms with E-state index in [4.69, 9.17) is 24.4 Å². The second-order valence-electron chi connectivity index (χ2n) is 5.81. The molecule has 0 aliphatic carbocycles. The number of aromatic nitrogens is 2. The van der Waals surface area contributed by atoms with Gasteiger partial charge in [-0.25, -0.2) is 0 Å². The van der Waals surface area contributed by atoms with Crippen LogP contribution in [0, 0.1) is 0 Å². The number of thioether (sulfide) groups is 2. The van der Waals surface area contributed by atoms with Crippen molar-refractivity contribution >= 4 is 81.2 Å². The Morgan fingerprint density at radius 2 is 1.21 bits per heavy atom. The van der Waals surface area contributed by atoms with Gasteiger partial charge in [-0.2, -0.15) is 32.3 Å². The van der Waals surface area contributed by atoms with Crippen molar-refractivity contribution in [3.63, 3.8) is 0 Å². The van der Waals surface area contributed by atoms with Gasteiger partial charge in [0.2, 0.25) is 0 Å². The zero-order valence-corrected chi connectivity index (χ0v) is 20.9. The van der Waals surface area contributed by atoms with Gasteiger partial charge in [-0.15, -0.1) is 0 Å². The highest BCUT2D eigenvalue weighted by atomic mass is 32.2. The molecule has 6 nitrogen and oxygen atoms in total. The molecule has 2 aromatic heterocycles. The van der Waals surface area contributed by atoms with Gasteiger partial charge in [0.25, 0.3) is 0 Å². The minimum atomic E-state index is 0.706. The summed E-state index contributed by atoms with van der Waals surface area (Å²) < 4.78 is 8.59. The van der Waals surface area contributed by atoms with E-state index in [1.165, 1.54) is 23.1 Å². The molecule has 0 unspecified atom stereocenters. The average molecular weight is 507 g/mol. The molecule has 0 spiro atoms. The molecule has 0 aliphatic rings. The van der Waals surface area contributed by atoms with Crippen LogP contribution in [0.4, 0.5) is 0 Å². The van der Waals surface area contributed by atoms with Crippen LogP contribution in [-0.2, 0) is 11.5 Å². The van der Waals surface area contributed by atoms with Gasteiger partial charge >= 0.3 is 0 Å². The van der Waals surface area contributed by atoms with E-state index in [2.05, 4.69) is 42.1 Å². The topological polar surface area (TPSA) is 73.9 Å². The lowest BCUT2D eigenvalue weighted by atomic mass is 10.4. The molecule has 2 heterocycles. The van der Waals surface area contributed by atoms with E-state index in [9.17, 15) is 0 Å². The van der Waals surface area contributed by atoms with Crippen LogP contribution < -0.4 is 21.3 Å². The Bertz CT molecular complexity index is 620. The fraction of sp³-hybridized carbons (Fsp3) is 0.529. The van der Waals surface area contributed by atoms with Gasteiger partial charge in [0.05, 0.1) is 11.4 Å². The SMILES string of the molecule is S=C(NCCCNC(=S)NCCSCc1ccsn1)NCCSCc1ccsn1. The van der Waals surface area contributed by atoms with E-state index in [0.29, 0.717) is 10.2 Å². The Balaban J connectivity index is 1.33. The van der Waals surface area contributed by atoms with Gasteiger partial charge in [-0.1, -0.05) is 0 Å². The molecule has 0 saturated carbocycles. The fourth-order valence-electron chi connectivity index (χ4n) is 2.07. The average Bonchev–Trinajstić information content (AvgIpc) is 3.41. The molecule has 0 saturated heterocycles. The molecule has 12 heteroatoms. The fourth-order valence-corrected chi connectivity index (χ4v) is 5.24. The lowest BCUT2D eigenvalue weighted by Gasteiger charge is -2.12. The summed E-state index contributed by atoms with van der Waals surface area (Å²) >= 11 is 17.3. The predicted octanol–water partition coefficient (Wildman–Crippen LogP) is 3.08. The minimum Gasteiger partial charge on any atom is -0.363 e. The van der Waals surface area contributed by atoms with Crippen molar-refractivity contribution in [1.29, 1.82) is 0 Å². The zero-order chi connectivity index (χ0) is 20.6. The van der Waals surface area contributed by atoms with Crippen molar-refractivity contribution in [2.24, 2.45) is 0 Å². The van der Waals surface area contributed by atoms with Crippen LogP contribution in [0.15, 0.2) is 22.9 Å². The van der Waals surface area contributed by atoms with Crippen molar-refractivity contribution in [2.45, 2.75) is 17.9 Å². The summed E-state index contributed by atoms with van der Waals surface area (Å²) in [5.74, 6) is 3.91. The molecule has 29 heavy (non-hydrogen) atoms. The first-order chi connectivity index (χ1) is 14.2. The van der Waals surface area contributed by atoms with Gasteiger partial charge in [0.15, 0.2) is 10.2 Å². The molecule has 0 aliphatic heterocycles. The monoisotopic (exact) mass is 506 g/mol. The summed E-state index contributed by atoms with van der Waals surface area (Å²) in [6.07, 6.45) is 0.945. The van der Waals surface area contributed by atoms with Crippen LogP contribution in [-0.4, -0.2) is 56.7 Å². The second kappa shape index (κ2) is 16.1. The summed E-state index contributed by atoms with van der Waals surface area (Å²) in [5.41, 5.74) is 2.30. The largest absolute Gasteiger partial charge is 0.363 e. The highest BCUT2D eigenvalue weighted by Gasteiger charge is 1.99. The molecular weight excluding hydrogens is 481 g/mol. The third kappa shape index (κ3) is 12.6. The Morgan fingerprint density at radius 1 is 0.759 bits per heavy atom. The Morgan fingerprint density at radius 3 is 1.62 bits per heavy atom. The maximum atomic E-state index is 5.29. The van der Waals surface area contributed by atoms with Crippen LogP contribution in [0.3, 0.4) is 0 Å². The zero-order valence-electron chi connectivity index (χ0n) is 16.0. The molecule has 0 bridgehead atoms. The van der Waals surface area contributed by atoms with Gasteiger partial charge in [-0.05, 0) is 66.1 Å². The number of rotatable bonds is 14. The molecule has 0 aromatic carbocycles. The summed E-state index contributed by atoms with van der Waals surface area (Å²) in [5, 5.41) is 18.3. The lowest BCUT2D eigenvalue weighted by Crippen LogP contribution is -2.40. The summed E-state index contributed by atoms with van der Waals surface area (Å²) in [7, 11) is 0. The Hall–Kier alpha value is -0.660. The van der Waals surface area contributed by atoms with E-state index >= 15 is 0 Å². The van der Waals surface area contributed by atoms with Crippen molar-refractivity contribution in [3.05, 3.63) is 34.3 Å². The first-order valence-corrected chi connectivity index (χ1v) is 14.0. The molecule has 0 fully saturated rings. The Kier molecular flexibility index (Phi) is 13.6. The third-order valence-corrected chi connectivity index (χ3v) is 7.23. The van der Waals surface area contributed by atoms with Crippen molar-refractivity contribution < 1.29 is 0 Å². The number of hydrogen-bond donors (Lipinski definition) is 4. The van der Waals surface area contributed by atoms with Gasteiger partial charge in [0.1, 0.15) is 0 Å². The van der Waals surface area contributed by atoms with E-state index in [0.717, 1.165) is 67.0 Å². The maximum Gasteiger partial charge on any atom is 0.166 e. The molecule has 0 atom stereocenters. The molecule has 4 N–H and O–H groups in total. The van der Waals surface area contributed by atoms with E-state index < -0.39 is 0 Å². The lowest BCUT2D eigenvalue weighted by molar-refractivity contribution is 0.726. The molecule has 2 rings (SSSR count). The van der Waals surface area contributed by atoms with Gasteiger partial charge < -0.3 is 21.3 Å². The van der Waals surface area contributed by atoms with Crippen LogP contribution in [0.1, 0.15) is 17.8 Å². The molecule has 160 valence electrons. The van der Waals surface area contributed by atoms with Crippen molar-refractivity contribution in [1.82, 2.24) is 30.0 Å². The van der Waals surface area contributed by atoms with Crippen LogP contribution in [0.5, 0.6) is 0 Å². The quantitative estimate of drug-likeness (QED) is 0.227. The summed E-state index contributed by atoms with van der Waals surface area (Å²) in [4.78, 5) is 0. The number of nitrogens with zero attached hydrogens (tertiary/aromatic N) is 2. The molecule has 0 radical (unpaired) electrons. The number of nitrogens with one attached hydrogen (secondary N) is 4. The number of hydrogen-bond acceptors (Lipinski definition) is 8. The molecule has 0 amide bonds. The van der Waals surface area contributed by atoms with Crippen LogP contribution in [0.2, 0.25) is 0 Å². The second-order valence-corrected chi connectivity index (χ2v) is 10.2. The van der Waals surface area contributed by atoms with Crippen molar-refractivity contribution in [3.8, 4) is 0 Å². The van der Waals surface area contributed by atoms with E-state index in [-0.39, 0.29) is 0 Å². The smallest absolute Gasteiger partial charge is 0.166 e. The van der Waals surface area contributed by atoms with E-state index in [1.807, 2.05) is 34.3 Å². The summed E-state index contributed by atoms with van der Waals surface area (Å²) in [6, 6.07) is 4.13. The normalized spacial score (nSPS) is 10.5. The van der Waals surface area contributed by atoms with Crippen LogP contribution >= 0.6 is 71.0 Å². The highest BCUT2D eigenvalue weighted by Crippen LogP contribution is 2.11. The highest BCUT2D eigenvalue weighted by molar-refractivity contribution is 7.98. The minimum absolute atomic E-state index is 0.706. The summed E-state index contributed by atoms with van der Waals surface area (Å²) in [6.45, 7) is 3.34. The Labute approximate surface area is 200 Å². The van der Waals surface area contributed by atoms with E-state index in [1.54, 1.807) is 0 Å². The van der Waals surface area contributed by atoms with Gasteiger partial charge in [-0.3, -0.25) is 0 Å². The maximum absolute atomic E-state index is 5.29. The predicted molar refractivity (Wildman–Crippen MR) is 138 cm³/mol. The number of thiocarbonyl (C=S) groups is 2. The van der Waals surface area contributed by atoms with Crippen molar-refractivity contribution in [2.75, 3.05) is 37.7 Å². The van der Waals surface area contributed by atoms with Gasteiger partial charge in [0, 0.05) is 60.0 Å². The van der Waals surface area contributed by atoms with Crippen LogP contribution in [0.25, 0.3) is 0 Å².